The van der Waals surface area contributed by atoms with Crippen LogP contribution in [0, 0.1) is 0 Å². The number of para-hydroxylation sites is 1. The van der Waals surface area contributed by atoms with Crippen LogP contribution in [0.1, 0.15) is 13.8 Å². The minimum absolute atomic E-state index is 0.250. The highest BCUT2D eigenvalue weighted by Gasteiger charge is 2.29. The standard InChI is InChI=1S/C17H16ClNO5/c1-17(2,15(20)21)24-12-9-7-11(8-10-12)19-16(22)23-14-6-4-3-5-13(14)18/h3-10H,1-2H3,(H,19,22)(H,20,21). The molecule has 24 heavy (non-hydrogen) atoms. The van der Waals surface area contributed by atoms with Crippen LogP contribution in [-0.2, 0) is 4.79 Å². The smallest absolute Gasteiger partial charge is 0.417 e. The van der Waals surface area contributed by atoms with Gasteiger partial charge >= 0.3 is 12.1 Å². The third kappa shape index (κ3) is 4.63. The van der Waals surface area contributed by atoms with E-state index in [9.17, 15) is 9.59 Å². The summed E-state index contributed by atoms with van der Waals surface area (Å²) in [6, 6.07) is 12.9. The van der Waals surface area contributed by atoms with Crippen LogP contribution in [0.15, 0.2) is 48.5 Å². The molecule has 2 N–H and O–H groups in total. The highest BCUT2D eigenvalue weighted by Crippen LogP contribution is 2.24. The largest absolute Gasteiger partial charge is 0.478 e. The van der Waals surface area contributed by atoms with Crippen LogP contribution < -0.4 is 14.8 Å². The lowest BCUT2D eigenvalue weighted by molar-refractivity contribution is -0.152. The van der Waals surface area contributed by atoms with Gasteiger partial charge < -0.3 is 14.6 Å². The van der Waals surface area contributed by atoms with Crippen LogP contribution in [-0.4, -0.2) is 22.8 Å². The summed E-state index contributed by atoms with van der Waals surface area (Å²) in [5.74, 6) is -0.458. The first kappa shape index (κ1) is 17.6. The fourth-order valence-electron chi connectivity index (χ4n) is 1.72. The molecule has 0 radical (unpaired) electrons. The summed E-state index contributed by atoms with van der Waals surface area (Å²) in [4.78, 5) is 22.9. The Kier molecular flexibility index (Phi) is 5.31. The summed E-state index contributed by atoms with van der Waals surface area (Å²) in [7, 11) is 0. The maximum absolute atomic E-state index is 11.8. The van der Waals surface area contributed by atoms with Crippen molar-refractivity contribution in [3.8, 4) is 11.5 Å². The van der Waals surface area contributed by atoms with Crippen molar-refractivity contribution in [2.24, 2.45) is 0 Å². The molecular formula is C17H16ClNO5. The molecule has 0 bridgehead atoms. The molecule has 2 rings (SSSR count). The van der Waals surface area contributed by atoms with Gasteiger partial charge in [-0.25, -0.2) is 9.59 Å². The van der Waals surface area contributed by atoms with Gasteiger partial charge in [0.2, 0.25) is 0 Å². The maximum Gasteiger partial charge on any atom is 0.417 e. The summed E-state index contributed by atoms with van der Waals surface area (Å²) in [5.41, 5.74) is -0.884. The Morgan fingerprint density at radius 1 is 1.08 bits per heavy atom. The van der Waals surface area contributed by atoms with E-state index in [1.54, 1.807) is 48.5 Å². The lowest BCUT2D eigenvalue weighted by atomic mass is 10.1. The molecule has 0 saturated heterocycles. The second-order valence-electron chi connectivity index (χ2n) is 5.39. The van der Waals surface area contributed by atoms with E-state index >= 15 is 0 Å². The first-order chi connectivity index (χ1) is 11.3. The van der Waals surface area contributed by atoms with Crippen molar-refractivity contribution in [1.82, 2.24) is 0 Å². The quantitative estimate of drug-likeness (QED) is 0.845. The zero-order chi connectivity index (χ0) is 17.7. The second-order valence-corrected chi connectivity index (χ2v) is 5.79. The number of halogens is 1. The van der Waals surface area contributed by atoms with Crippen molar-refractivity contribution in [1.29, 1.82) is 0 Å². The van der Waals surface area contributed by atoms with E-state index in [0.717, 1.165) is 0 Å². The van der Waals surface area contributed by atoms with Gasteiger partial charge in [-0.2, -0.15) is 0 Å². The van der Waals surface area contributed by atoms with Gasteiger partial charge in [-0.15, -0.1) is 0 Å². The topological polar surface area (TPSA) is 84.9 Å². The minimum atomic E-state index is -1.35. The maximum atomic E-state index is 11.8. The Bertz CT molecular complexity index is 743. The number of anilines is 1. The Labute approximate surface area is 144 Å². The van der Waals surface area contributed by atoms with Crippen molar-refractivity contribution in [2.45, 2.75) is 19.4 Å². The van der Waals surface area contributed by atoms with Gasteiger partial charge in [0.1, 0.15) is 5.75 Å². The number of hydrogen-bond donors (Lipinski definition) is 2. The molecule has 2 aromatic rings. The molecule has 6 nitrogen and oxygen atoms in total. The third-order valence-electron chi connectivity index (χ3n) is 3.03. The Morgan fingerprint density at radius 2 is 1.71 bits per heavy atom. The zero-order valence-electron chi connectivity index (χ0n) is 13.1. The molecule has 0 atom stereocenters. The second kappa shape index (κ2) is 7.23. The van der Waals surface area contributed by atoms with Gasteiger partial charge in [0, 0.05) is 5.69 Å². The first-order valence-corrected chi connectivity index (χ1v) is 7.41. The SMILES string of the molecule is CC(C)(Oc1ccc(NC(=O)Oc2ccccc2Cl)cc1)C(=O)O. The molecule has 0 aliphatic carbocycles. The number of carboxylic acids is 1. The number of nitrogens with one attached hydrogen (secondary N) is 1. The lowest BCUT2D eigenvalue weighted by Crippen LogP contribution is -2.37. The molecule has 0 aliphatic heterocycles. The van der Waals surface area contributed by atoms with Gasteiger partial charge in [0.05, 0.1) is 5.02 Å². The predicted octanol–water partition coefficient (Wildman–Crippen LogP) is 4.19. The summed E-state index contributed by atoms with van der Waals surface area (Å²) >= 11 is 5.91. The molecule has 1 amide bonds. The number of carbonyl (C=O) groups excluding carboxylic acids is 1. The summed E-state index contributed by atoms with van der Waals surface area (Å²) in [6.07, 6.45) is -0.692. The Balaban J connectivity index is 1.98. The number of ether oxygens (including phenoxy) is 2. The monoisotopic (exact) mass is 349 g/mol. The average molecular weight is 350 g/mol. The highest BCUT2D eigenvalue weighted by molar-refractivity contribution is 6.32. The van der Waals surface area contributed by atoms with E-state index in [0.29, 0.717) is 16.5 Å². The van der Waals surface area contributed by atoms with E-state index < -0.39 is 17.7 Å². The summed E-state index contributed by atoms with van der Waals surface area (Å²) < 4.78 is 10.5. The number of carboxylic acid groups (broad SMARTS) is 1. The number of rotatable bonds is 5. The first-order valence-electron chi connectivity index (χ1n) is 7.04. The highest BCUT2D eigenvalue weighted by atomic mass is 35.5. The van der Waals surface area contributed by atoms with Crippen molar-refractivity contribution in [3.63, 3.8) is 0 Å². The number of carbonyl (C=O) groups is 2. The molecule has 0 saturated carbocycles. The van der Waals surface area contributed by atoms with E-state index in [1.165, 1.54) is 13.8 Å². The van der Waals surface area contributed by atoms with Crippen LogP contribution in [0.25, 0.3) is 0 Å². The zero-order valence-corrected chi connectivity index (χ0v) is 13.8. The van der Waals surface area contributed by atoms with Crippen molar-refractivity contribution < 1.29 is 24.2 Å². The van der Waals surface area contributed by atoms with Gasteiger partial charge in [0.15, 0.2) is 11.4 Å². The summed E-state index contributed by atoms with van der Waals surface area (Å²) in [5, 5.41) is 11.9. The van der Waals surface area contributed by atoms with Crippen molar-refractivity contribution >= 4 is 29.4 Å². The molecule has 0 spiro atoms. The van der Waals surface area contributed by atoms with Crippen LogP contribution in [0.4, 0.5) is 10.5 Å². The van der Waals surface area contributed by atoms with Gasteiger partial charge in [-0.05, 0) is 50.2 Å². The fraction of sp³-hybridized carbons (Fsp3) is 0.176. The van der Waals surface area contributed by atoms with Gasteiger partial charge in [0.25, 0.3) is 0 Å². The number of benzene rings is 2. The Hall–Kier alpha value is -2.73. The molecule has 0 aromatic heterocycles. The van der Waals surface area contributed by atoms with Crippen LogP contribution in [0.5, 0.6) is 11.5 Å². The average Bonchev–Trinajstić information content (AvgIpc) is 2.51. The van der Waals surface area contributed by atoms with Gasteiger partial charge in [-0.1, -0.05) is 23.7 Å². The van der Waals surface area contributed by atoms with E-state index in [2.05, 4.69) is 5.32 Å². The van der Waals surface area contributed by atoms with Crippen molar-refractivity contribution in [2.75, 3.05) is 5.32 Å². The van der Waals surface area contributed by atoms with E-state index in [1.807, 2.05) is 0 Å². The lowest BCUT2D eigenvalue weighted by Gasteiger charge is -2.21. The van der Waals surface area contributed by atoms with Crippen LogP contribution >= 0.6 is 11.6 Å². The fourth-order valence-corrected chi connectivity index (χ4v) is 1.89. The molecule has 0 fully saturated rings. The molecule has 0 aliphatic rings. The van der Waals surface area contributed by atoms with E-state index in [-0.39, 0.29) is 5.75 Å². The molecule has 0 heterocycles. The van der Waals surface area contributed by atoms with E-state index in [4.69, 9.17) is 26.2 Å². The Morgan fingerprint density at radius 3 is 2.29 bits per heavy atom. The molecule has 2 aromatic carbocycles. The molecular weight excluding hydrogens is 334 g/mol. The predicted molar refractivity (Wildman–Crippen MR) is 89.9 cm³/mol. The molecule has 0 unspecified atom stereocenters. The molecule has 7 heteroatoms. The van der Waals surface area contributed by atoms with Crippen LogP contribution in [0.2, 0.25) is 5.02 Å². The van der Waals surface area contributed by atoms with Crippen LogP contribution in [0.3, 0.4) is 0 Å². The minimum Gasteiger partial charge on any atom is -0.478 e. The third-order valence-corrected chi connectivity index (χ3v) is 3.34. The number of hydrogen-bond acceptors (Lipinski definition) is 4. The molecule has 126 valence electrons. The number of aliphatic carboxylic acids is 1. The van der Waals surface area contributed by atoms with Crippen molar-refractivity contribution in [3.05, 3.63) is 53.6 Å². The normalized spacial score (nSPS) is 10.8. The van der Waals surface area contributed by atoms with Gasteiger partial charge in [-0.3, -0.25) is 5.32 Å². The number of amides is 1. The summed E-state index contributed by atoms with van der Waals surface area (Å²) in [6.45, 7) is 2.89.